The first-order chi connectivity index (χ1) is 11.6. The van der Waals surface area contributed by atoms with E-state index in [0.717, 1.165) is 32.2 Å². The van der Waals surface area contributed by atoms with Crippen LogP contribution in [0.1, 0.15) is 42.5 Å². The molecule has 2 amide bonds. The van der Waals surface area contributed by atoms with Crippen LogP contribution >= 0.6 is 0 Å². The first-order valence-electron chi connectivity index (χ1n) is 8.55. The van der Waals surface area contributed by atoms with Crippen LogP contribution in [0.2, 0.25) is 0 Å². The van der Waals surface area contributed by atoms with Gasteiger partial charge in [-0.3, -0.25) is 9.59 Å². The lowest BCUT2D eigenvalue weighted by molar-refractivity contribution is -0.142. The zero-order valence-electron chi connectivity index (χ0n) is 13.9. The number of benzene rings is 1. The highest BCUT2D eigenvalue weighted by Crippen LogP contribution is 2.37. The van der Waals surface area contributed by atoms with Crippen molar-refractivity contribution in [2.45, 2.75) is 37.6 Å². The van der Waals surface area contributed by atoms with Gasteiger partial charge in [0.2, 0.25) is 12.7 Å². The predicted molar refractivity (Wildman–Crippen MR) is 87.1 cm³/mol. The van der Waals surface area contributed by atoms with E-state index in [0.29, 0.717) is 30.0 Å². The summed E-state index contributed by atoms with van der Waals surface area (Å²) < 4.78 is 10.7. The molecule has 2 saturated heterocycles. The Balaban J connectivity index is 1.55. The number of hydrogen-bond donors (Lipinski definition) is 0. The molecule has 1 aromatic carbocycles. The Morgan fingerprint density at radius 3 is 2.83 bits per heavy atom. The molecule has 0 aromatic heterocycles. The lowest BCUT2D eigenvalue weighted by Crippen LogP contribution is -2.61. The van der Waals surface area contributed by atoms with Crippen molar-refractivity contribution in [2.24, 2.45) is 0 Å². The maximum Gasteiger partial charge on any atom is 0.254 e. The van der Waals surface area contributed by atoms with Gasteiger partial charge in [0.1, 0.15) is 0 Å². The summed E-state index contributed by atoms with van der Waals surface area (Å²) in [6.45, 7) is 1.55. The van der Waals surface area contributed by atoms with Crippen molar-refractivity contribution in [1.29, 1.82) is 0 Å². The summed E-state index contributed by atoms with van der Waals surface area (Å²) in [5, 5.41) is 0. The summed E-state index contributed by atoms with van der Waals surface area (Å²) in [6, 6.07) is 5.32. The number of nitrogens with zero attached hydrogens (tertiary/aromatic N) is 2. The monoisotopic (exact) mass is 330 g/mol. The van der Waals surface area contributed by atoms with E-state index in [1.807, 2.05) is 16.8 Å². The molecule has 4 rings (SSSR count). The summed E-state index contributed by atoms with van der Waals surface area (Å²) in [7, 11) is 1.88. The standard InChI is InChI=1S/C18H22N2O4/c1-19-16(21)4-2-7-18(19)8-3-9-20(11-18)17(22)13-5-6-14-15(10-13)24-12-23-14/h5-6,10H,2-4,7-9,11-12H2,1H3/t18-/m1/s1. The van der Waals surface area contributed by atoms with Crippen LogP contribution in [0.15, 0.2) is 18.2 Å². The van der Waals surface area contributed by atoms with Crippen molar-refractivity contribution in [3.63, 3.8) is 0 Å². The molecule has 1 atom stereocenters. The molecule has 1 spiro atoms. The minimum atomic E-state index is -0.195. The van der Waals surface area contributed by atoms with Crippen molar-refractivity contribution in [3.8, 4) is 11.5 Å². The van der Waals surface area contributed by atoms with Gasteiger partial charge in [-0.2, -0.15) is 0 Å². The number of amides is 2. The van der Waals surface area contributed by atoms with E-state index < -0.39 is 0 Å². The highest BCUT2D eigenvalue weighted by Gasteiger charge is 2.44. The van der Waals surface area contributed by atoms with Crippen LogP contribution in [-0.2, 0) is 4.79 Å². The molecule has 3 heterocycles. The van der Waals surface area contributed by atoms with E-state index in [-0.39, 0.29) is 24.1 Å². The van der Waals surface area contributed by atoms with Crippen LogP contribution in [0.3, 0.4) is 0 Å². The van der Waals surface area contributed by atoms with Crippen molar-refractivity contribution in [1.82, 2.24) is 9.80 Å². The minimum absolute atomic E-state index is 0.00111. The van der Waals surface area contributed by atoms with Gasteiger partial charge in [0.05, 0.1) is 5.54 Å². The number of likely N-dealkylation sites (N-methyl/N-ethyl adjacent to an activating group) is 1. The summed E-state index contributed by atoms with van der Waals surface area (Å²) >= 11 is 0. The Hall–Kier alpha value is -2.24. The molecule has 6 heteroatoms. The van der Waals surface area contributed by atoms with E-state index in [1.165, 1.54) is 0 Å². The molecule has 0 bridgehead atoms. The minimum Gasteiger partial charge on any atom is -0.454 e. The van der Waals surface area contributed by atoms with Gasteiger partial charge < -0.3 is 19.3 Å². The number of rotatable bonds is 1. The molecule has 0 unspecified atom stereocenters. The molecule has 24 heavy (non-hydrogen) atoms. The molecule has 1 aromatic rings. The first-order valence-corrected chi connectivity index (χ1v) is 8.55. The fourth-order valence-corrected chi connectivity index (χ4v) is 4.14. The van der Waals surface area contributed by atoms with E-state index in [1.54, 1.807) is 18.2 Å². The van der Waals surface area contributed by atoms with Crippen LogP contribution in [-0.4, -0.2) is 54.1 Å². The van der Waals surface area contributed by atoms with Gasteiger partial charge >= 0.3 is 0 Å². The number of carbonyl (C=O) groups is 2. The lowest BCUT2D eigenvalue weighted by atomic mass is 9.80. The molecular formula is C18H22N2O4. The number of carbonyl (C=O) groups excluding carboxylic acids is 2. The zero-order valence-corrected chi connectivity index (χ0v) is 13.9. The van der Waals surface area contributed by atoms with Gasteiger partial charge in [-0.05, 0) is 43.9 Å². The Kier molecular flexibility index (Phi) is 3.62. The van der Waals surface area contributed by atoms with Gasteiger partial charge in [0.15, 0.2) is 11.5 Å². The summed E-state index contributed by atoms with van der Waals surface area (Å²) in [5.74, 6) is 1.49. The molecule has 0 radical (unpaired) electrons. The van der Waals surface area contributed by atoms with E-state index >= 15 is 0 Å². The highest BCUT2D eigenvalue weighted by atomic mass is 16.7. The molecule has 3 aliphatic heterocycles. The van der Waals surface area contributed by atoms with Gasteiger partial charge in [-0.1, -0.05) is 0 Å². The van der Waals surface area contributed by atoms with Crippen molar-refractivity contribution < 1.29 is 19.1 Å². The van der Waals surface area contributed by atoms with Gasteiger partial charge in [-0.15, -0.1) is 0 Å². The zero-order chi connectivity index (χ0) is 16.7. The molecule has 6 nitrogen and oxygen atoms in total. The molecule has 0 aliphatic carbocycles. The van der Waals surface area contributed by atoms with Gasteiger partial charge in [0, 0.05) is 32.1 Å². The van der Waals surface area contributed by atoms with E-state index in [4.69, 9.17) is 9.47 Å². The number of likely N-dealkylation sites (tertiary alicyclic amines) is 2. The van der Waals surface area contributed by atoms with Crippen molar-refractivity contribution in [2.75, 3.05) is 26.9 Å². The molecule has 0 N–H and O–H groups in total. The second-order valence-electron chi connectivity index (χ2n) is 6.93. The number of ether oxygens (including phenoxy) is 2. The fraction of sp³-hybridized carbons (Fsp3) is 0.556. The average molecular weight is 330 g/mol. The summed E-state index contributed by atoms with van der Waals surface area (Å²) in [6.07, 6.45) is 4.40. The average Bonchev–Trinajstić information content (AvgIpc) is 3.07. The Morgan fingerprint density at radius 1 is 1.17 bits per heavy atom. The molecule has 3 aliphatic rings. The predicted octanol–water partition coefficient (Wildman–Crippen LogP) is 2.03. The van der Waals surface area contributed by atoms with Crippen LogP contribution in [0.4, 0.5) is 0 Å². The Labute approximate surface area is 141 Å². The third kappa shape index (κ3) is 2.41. The third-order valence-corrected chi connectivity index (χ3v) is 5.58. The van der Waals surface area contributed by atoms with E-state index in [9.17, 15) is 9.59 Å². The van der Waals surface area contributed by atoms with Crippen LogP contribution in [0, 0.1) is 0 Å². The second kappa shape index (κ2) is 5.69. The molecule has 0 saturated carbocycles. The van der Waals surface area contributed by atoms with Crippen LogP contribution in [0.5, 0.6) is 11.5 Å². The molecular weight excluding hydrogens is 308 g/mol. The SMILES string of the molecule is CN1C(=O)CCC[C@]12CCCN(C(=O)c1ccc3c(c1)OCO3)C2. The normalized spacial score (nSPS) is 26.1. The summed E-state index contributed by atoms with van der Waals surface area (Å²) in [4.78, 5) is 28.8. The maximum absolute atomic E-state index is 12.9. The quantitative estimate of drug-likeness (QED) is 0.790. The topological polar surface area (TPSA) is 59.1 Å². The van der Waals surface area contributed by atoms with Crippen LogP contribution < -0.4 is 9.47 Å². The van der Waals surface area contributed by atoms with Gasteiger partial charge in [-0.25, -0.2) is 0 Å². The maximum atomic E-state index is 12.9. The van der Waals surface area contributed by atoms with Crippen molar-refractivity contribution >= 4 is 11.8 Å². The third-order valence-electron chi connectivity index (χ3n) is 5.58. The number of hydrogen-bond acceptors (Lipinski definition) is 4. The van der Waals surface area contributed by atoms with E-state index in [2.05, 4.69) is 0 Å². The Bertz CT molecular complexity index is 686. The van der Waals surface area contributed by atoms with Crippen LogP contribution in [0.25, 0.3) is 0 Å². The molecule has 128 valence electrons. The Morgan fingerprint density at radius 2 is 1.96 bits per heavy atom. The largest absolute Gasteiger partial charge is 0.454 e. The van der Waals surface area contributed by atoms with Crippen molar-refractivity contribution in [3.05, 3.63) is 23.8 Å². The fourth-order valence-electron chi connectivity index (χ4n) is 4.14. The summed E-state index contributed by atoms with van der Waals surface area (Å²) in [5.41, 5.74) is 0.417. The highest BCUT2D eigenvalue weighted by molar-refractivity contribution is 5.95. The second-order valence-corrected chi connectivity index (χ2v) is 6.93. The first kappa shape index (κ1) is 15.3. The smallest absolute Gasteiger partial charge is 0.254 e. The molecule has 2 fully saturated rings. The van der Waals surface area contributed by atoms with Gasteiger partial charge in [0.25, 0.3) is 5.91 Å². The number of fused-ring (bicyclic) bond motifs is 1. The number of piperidine rings is 2. The lowest BCUT2D eigenvalue weighted by Gasteiger charge is -2.50.